The van der Waals surface area contributed by atoms with Gasteiger partial charge in [0, 0.05) is 30.4 Å². The summed E-state index contributed by atoms with van der Waals surface area (Å²) in [6, 6.07) is 5.54. The lowest BCUT2D eigenvalue weighted by Crippen LogP contribution is -2.54. The van der Waals surface area contributed by atoms with E-state index in [4.69, 9.17) is 5.73 Å². The zero-order valence-electron chi connectivity index (χ0n) is 12.4. The van der Waals surface area contributed by atoms with Crippen LogP contribution in [0.5, 0.6) is 0 Å². The van der Waals surface area contributed by atoms with Crippen LogP contribution in [0.4, 0.5) is 0 Å². The summed E-state index contributed by atoms with van der Waals surface area (Å²) >= 11 is 0. The summed E-state index contributed by atoms with van der Waals surface area (Å²) in [4.78, 5) is 4.16. The number of hydrogen-bond acceptors (Lipinski definition) is 4. The Bertz CT molecular complexity index is 523. The molecule has 0 aliphatic heterocycles. The van der Waals surface area contributed by atoms with Gasteiger partial charge in [0.05, 0.1) is 5.75 Å². The van der Waals surface area contributed by atoms with Crippen LogP contribution in [0.1, 0.15) is 44.2 Å². The van der Waals surface area contributed by atoms with E-state index in [1.54, 1.807) is 6.20 Å². The minimum absolute atomic E-state index is 0.0613. The van der Waals surface area contributed by atoms with E-state index in [9.17, 15) is 8.42 Å². The molecular formula is C15H25N3O2S. The summed E-state index contributed by atoms with van der Waals surface area (Å²) in [7, 11) is -3.34. The molecule has 1 heterocycles. The molecule has 0 saturated heterocycles. The van der Waals surface area contributed by atoms with Crippen molar-refractivity contribution < 1.29 is 8.42 Å². The molecule has 0 bridgehead atoms. The fourth-order valence-corrected chi connectivity index (χ4v) is 4.45. The normalized spacial score (nSPS) is 19.1. The first-order valence-corrected chi connectivity index (χ1v) is 9.32. The van der Waals surface area contributed by atoms with Gasteiger partial charge in [0.15, 0.2) is 0 Å². The molecule has 118 valence electrons. The van der Waals surface area contributed by atoms with Crippen molar-refractivity contribution in [2.45, 2.75) is 50.5 Å². The molecule has 3 N–H and O–H groups in total. The number of rotatable bonds is 6. The molecule has 21 heavy (non-hydrogen) atoms. The highest BCUT2D eigenvalue weighted by Crippen LogP contribution is 2.27. The van der Waals surface area contributed by atoms with Crippen molar-refractivity contribution in [1.82, 2.24) is 9.71 Å². The molecule has 1 saturated carbocycles. The second-order valence-corrected chi connectivity index (χ2v) is 7.73. The summed E-state index contributed by atoms with van der Waals surface area (Å²) in [5.74, 6) is 0.0613. The van der Waals surface area contributed by atoms with Crippen molar-refractivity contribution in [2.24, 2.45) is 5.73 Å². The average molecular weight is 311 g/mol. The van der Waals surface area contributed by atoms with Crippen LogP contribution >= 0.6 is 0 Å². The number of sulfonamides is 1. The minimum Gasteiger partial charge on any atom is -0.329 e. The first-order valence-electron chi connectivity index (χ1n) is 7.67. The topological polar surface area (TPSA) is 85.1 Å². The molecule has 2 rings (SSSR count). The van der Waals surface area contributed by atoms with Crippen molar-refractivity contribution in [3.05, 3.63) is 30.1 Å². The molecule has 5 nitrogen and oxygen atoms in total. The van der Waals surface area contributed by atoms with Crippen molar-refractivity contribution in [1.29, 1.82) is 0 Å². The second-order valence-electron chi connectivity index (χ2n) is 5.89. The molecule has 1 fully saturated rings. The van der Waals surface area contributed by atoms with Gasteiger partial charge in [-0.15, -0.1) is 0 Å². The average Bonchev–Trinajstić information content (AvgIpc) is 2.72. The lowest BCUT2D eigenvalue weighted by Gasteiger charge is -2.32. The number of nitrogens with two attached hydrogens (primary N) is 1. The Morgan fingerprint density at radius 1 is 1.19 bits per heavy atom. The van der Waals surface area contributed by atoms with Gasteiger partial charge in [-0.05, 0) is 25.0 Å². The van der Waals surface area contributed by atoms with Crippen LogP contribution in [0.25, 0.3) is 0 Å². The third-order valence-corrected chi connectivity index (χ3v) is 5.66. The van der Waals surface area contributed by atoms with E-state index in [2.05, 4.69) is 9.71 Å². The van der Waals surface area contributed by atoms with Gasteiger partial charge in [0.2, 0.25) is 10.0 Å². The van der Waals surface area contributed by atoms with Gasteiger partial charge < -0.3 is 5.73 Å². The van der Waals surface area contributed by atoms with Gasteiger partial charge in [-0.25, -0.2) is 13.1 Å². The summed E-state index contributed by atoms with van der Waals surface area (Å²) in [6.07, 6.45) is 8.20. The minimum atomic E-state index is -3.34. The maximum absolute atomic E-state index is 12.4. The molecule has 0 atom stereocenters. The number of hydrogen-bond donors (Lipinski definition) is 2. The van der Waals surface area contributed by atoms with Gasteiger partial charge in [-0.2, -0.15) is 0 Å². The number of aryl methyl sites for hydroxylation is 1. The van der Waals surface area contributed by atoms with Crippen molar-refractivity contribution in [3.8, 4) is 0 Å². The molecule has 1 aliphatic carbocycles. The van der Waals surface area contributed by atoms with Crippen molar-refractivity contribution in [3.63, 3.8) is 0 Å². The van der Waals surface area contributed by atoms with Crippen molar-refractivity contribution >= 4 is 10.0 Å². The van der Waals surface area contributed by atoms with E-state index >= 15 is 0 Å². The van der Waals surface area contributed by atoms with Gasteiger partial charge in [-0.1, -0.05) is 31.7 Å². The highest BCUT2D eigenvalue weighted by atomic mass is 32.2. The predicted molar refractivity (Wildman–Crippen MR) is 84.4 cm³/mol. The Labute approximate surface area is 127 Å². The lowest BCUT2D eigenvalue weighted by molar-refractivity contribution is 0.342. The quantitative estimate of drug-likeness (QED) is 0.781. The molecule has 1 aromatic heterocycles. The van der Waals surface area contributed by atoms with Gasteiger partial charge in [0.25, 0.3) is 0 Å². The maximum atomic E-state index is 12.4. The number of aromatic nitrogens is 1. The van der Waals surface area contributed by atoms with E-state index in [1.165, 1.54) is 0 Å². The summed E-state index contributed by atoms with van der Waals surface area (Å²) in [6.45, 7) is 0.371. The van der Waals surface area contributed by atoms with Crippen LogP contribution in [-0.4, -0.2) is 31.2 Å². The lowest BCUT2D eigenvalue weighted by atomic mass is 9.92. The highest BCUT2D eigenvalue weighted by molar-refractivity contribution is 7.89. The third-order valence-electron chi connectivity index (χ3n) is 4.18. The first kappa shape index (κ1) is 16.4. The Morgan fingerprint density at radius 3 is 2.48 bits per heavy atom. The molecule has 1 aliphatic rings. The Balaban J connectivity index is 1.98. The molecule has 1 aromatic rings. The van der Waals surface area contributed by atoms with Gasteiger partial charge in [0.1, 0.15) is 0 Å². The fourth-order valence-electron chi connectivity index (χ4n) is 2.92. The van der Waals surface area contributed by atoms with Gasteiger partial charge in [-0.3, -0.25) is 4.98 Å². The number of nitrogens with zero attached hydrogens (tertiary/aromatic N) is 1. The fraction of sp³-hybridized carbons (Fsp3) is 0.667. The largest absolute Gasteiger partial charge is 0.329 e. The summed E-state index contributed by atoms with van der Waals surface area (Å²) in [5.41, 5.74) is 6.23. The standard InChI is InChI=1S/C15H25N3O2S/c16-13-15(9-4-1-2-5-10-15)18-21(19,20)12-8-14-7-3-6-11-17-14/h3,6-7,11,18H,1-2,4-5,8-10,12-13,16H2. The summed E-state index contributed by atoms with van der Waals surface area (Å²) < 4.78 is 27.6. The Morgan fingerprint density at radius 2 is 1.90 bits per heavy atom. The molecule has 0 amide bonds. The van der Waals surface area contributed by atoms with Crippen molar-refractivity contribution in [2.75, 3.05) is 12.3 Å². The molecule has 0 aromatic carbocycles. The van der Waals surface area contributed by atoms with E-state index in [1.807, 2.05) is 18.2 Å². The molecular weight excluding hydrogens is 286 g/mol. The SMILES string of the molecule is NCC1(NS(=O)(=O)CCc2ccccn2)CCCCCC1. The zero-order chi connectivity index (χ0) is 15.2. The van der Waals surface area contributed by atoms with Gasteiger partial charge >= 0.3 is 0 Å². The molecule has 0 spiro atoms. The van der Waals surface area contributed by atoms with E-state index in [0.29, 0.717) is 13.0 Å². The van der Waals surface area contributed by atoms with Crippen LogP contribution in [0, 0.1) is 0 Å². The van der Waals surface area contributed by atoms with Crippen LogP contribution in [0.3, 0.4) is 0 Å². The third kappa shape index (κ3) is 5.05. The first-order chi connectivity index (χ1) is 10.1. The second kappa shape index (κ2) is 7.33. The molecule has 0 radical (unpaired) electrons. The molecule has 0 unspecified atom stereocenters. The van der Waals surface area contributed by atoms with Crippen LogP contribution in [-0.2, 0) is 16.4 Å². The number of pyridine rings is 1. The highest BCUT2D eigenvalue weighted by Gasteiger charge is 2.33. The number of nitrogens with one attached hydrogen (secondary N) is 1. The Hall–Kier alpha value is -0.980. The van der Waals surface area contributed by atoms with E-state index in [0.717, 1.165) is 44.2 Å². The summed E-state index contributed by atoms with van der Waals surface area (Å²) in [5, 5.41) is 0. The van der Waals surface area contributed by atoms with Crippen LogP contribution < -0.4 is 10.5 Å². The Kier molecular flexibility index (Phi) is 5.72. The smallest absolute Gasteiger partial charge is 0.212 e. The predicted octanol–water partition coefficient (Wildman–Crippen LogP) is 1.60. The van der Waals surface area contributed by atoms with Crippen LogP contribution in [0.2, 0.25) is 0 Å². The zero-order valence-corrected chi connectivity index (χ0v) is 13.2. The molecule has 6 heteroatoms. The monoisotopic (exact) mass is 311 g/mol. The van der Waals surface area contributed by atoms with Crippen LogP contribution in [0.15, 0.2) is 24.4 Å². The van der Waals surface area contributed by atoms with E-state index in [-0.39, 0.29) is 5.75 Å². The van der Waals surface area contributed by atoms with E-state index < -0.39 is 15.6 Å². The maximum Gasteiger partial charge on any atom is 0.212 e.